The van der Waals surface area contributed by atoms with Crippen LogP contribution in [0.5, 0.6) is 0 Å². The maximum atomic E-state index is 12.7. The van der Waals surface area contributed by atoms with Gasteiger partial charge in [0, 0.05) is 27.7 Å². The minimum Gasteiger partial charge on any atom is -0.457 e. The molecule has 0 saturated heterocycles. The lowest BCUT2D eigenvalue weighted by Gasteiger charge is -2.10. The van der Waals surface area contributed by atoms with Crippen LogP contribution in [-0.4, -0.2) is 45.5 Å². The second-order valence-corrected chi connectivity index (χ2v) is 10.7. The van der Waals surface area contributed by atoms with Crippen LogP contribution >= 0.6 is 0 Å². The molecule has 0 fully saturated rings. The molecule has 2 aromatic heterocycles. The van der Waals surface area contributed by atoms with E-state index < -0.39 is 11.9 Å². The minimum atomic E-state index is -0.611. The zero-order chi connectivity index (χ0) is 36.2. The molecule has 0 saturated carbocycles. The number of carbonyl (C=O) groups excluding carboxylic acids is 6. The summed E-state index contributed by atoms with van der Waals surface area (Å²) in [5.74, 6) is -1.86. The summed E-state index contributed by atoms with van der Waals surface area (Å²) in [6.45, 7) is 4.98. The van der Waals surface area contributed by atoms with Gasteiger partial charge >= 0.3 is 11.9 Å². The Balaban J connectivity index is 1.32. The Morgan fingerprint density at radius 3 is 1.04 bits per heavy atom. The van der Waals surface area contributed by atoms with Gasteiger partial charge in [-0.15, -0.1) is 0 Å². The summed E-state index contributed by atoms with van der Waals surface area (Å²) in [4.78, 5) is 79.4. The molecule has 2 aromatic carbocycles. The molecule has 0 aliphatic heterocycles. The van der Waals surface area contributed by atoms with E-state index in [1.54, 1.807) is 24.3 Å². The molecule has 0 aliphatic rings. The van der Waals surface area contributed by atoms with E-state index in [0.717, 1.165) is 0 Å². The summed E-state index contributed by atoms with van der Waals surface area (Å²) in [6, 6.07) is 18.5. The maximum absolute atomic E-state index is 12.7. The number of benzene rings is 2. The van der Waals surface area contributed by atoms with Crippen LogP contribution < -0.4 is 21.3 Å². The van der Waals surface area contributed by atoms with Crippen LogP contribution in [0, 0.1) is 0 Å². The highest BCUT2D eigenvalue weighted by Crippen LogP contribution is 2.22. The van der Waals surface area contributed by atoms with E-state index in [1.807, 2.05) is 0 Å². The van der Waals surface area contributed by atoms with Crippen LogP contribution in [0.1, 0.15) is 59.5 Å². The zero-order valence-electron chi connectivity index (χ0n) is 27.4. The molecule has 4 rings (SSSR count). The molecule has 4 N–H and O–H groups in total. The average Bonchev–Trinajstić information content (AvgIpc) is 3.04. The van der Waals surface area contributed by atoms with Crippen molar-refractivity contribution in [2.45, 2.75) is 40.9 Å². The van der Waals surface area contributed by atoms with Crippen LogP contribution in [0.15, 0.2) is 83.0 Å². The second kappa shape index (κ2) is 16.8. The van der Waals surface area contributed by atoms with E-state index in [2.05, 4.69) is 41.5 Å². The van der Waals surface area contributed by atoms with Gasteiger partial charge in [0.2, 0.25) is 23.6 Å². The van der Waals surface area contributed by atoms with Crippen molar-refractivity contribution < 1.29 is 38.2 Å². The summed E-state index contributed by atoms with van der Waals surface area (Å²) in [6.07, 6.45) is 0. The number of anilines is 4. The Bertz CT molecular complexity index is 1750. The van der Waals surface area contributed by atoms with E-state index >= 15 is 0 Å². The fourth-order valence-corrected chi connectivity index (χ4v) is 4.23. The van der Waals surface area contributed by atoms with Crippen molar-refractivity contribution >= 4 is 70.2 Å². The summed E-state index contributed by atoms with van der Waals surface area (Å²) in [5, 5.41) is 18.5. The molecule has 4 amide bonds. The summed E-state index contributed by atoms with van der Waals surface area (Å²) >= 11 is 0. The standard InChI is InChI=1S/C34H32N8O8/c1-19(43)35-29-13-23(14-30(39-29)36-20(2)44)17-49-33(47)25-5-9-27(10-6-25)41-42-28-11-7-26(8-12-28)34(48)50-18-24-15-31(37-21(3)45)40-32(16-24)38-22(4)46/h5-16H,17-18H2,1-4H3,(H2,35,36,39,43,44)(H2,37,38,40,45,46). The average molecular weight is 681 g/mol. The van der Waals surface area contributed by atoms with E-state index in [0.29, 0.717) is 22.5 Å². The van der Waals surface area contributed by atoms with E-state index in [4.69, 9.17) is 9.47 Å². The lowest BCUT2D eigenvalue weighted by molar-refractivity contribution is -0.115. The molecular formula is C34H32N8O8. The monoisotopic (exact) mass is 680 g/mol. The van der Waals surface area contributed by atoms with Crippen molar-refractivity contribution in [1.29, 1.82) is 0 Å². The van der Waals surface area contributed by atoms with Gasteiger partial charge in [-0.3, -0.25) is 19.2 Å². The van der Waals surface area contributed by atoms with Crippen molar-refractivity contribution in [3.63, 3.8) is 0 Å². The highest BCUT2D eigenvalue weighted by molar-refractivity contribution is 5.92. The van der Waals surface area contributed by atoms with Gasteiger partial charge in [0.05, 0.1) is 22.5 Å². The largest absolute Gasteiger partial charge is 0.457 e. The number of pyridine rings is 2. The van der Waals surface area contributed by atoms with Gasteiger partial charge in [0.1, 0.15) is 36.5 Å². The summed E-state index contributed by atoms with van der Waals surface area (Å²) in [7, 11) is 0. The minimum absolute atomic E-state index is 0.145. The number of aromatic nitrogens is 2. The van der Waals surface area contributed by atoms with Crippen molar-refractivity contribution in [2.24, 2.45) is 10.2 Å². The van der Waals surface area contributed by atoms with Crippen LogP contribution in [-0.2, 0) is 41.9 Å². The summed E-state index contributed by atoms with van der Waals surface area (Å²) < 4.78 is 10.8. The number of hydrogen-bond donors (Lipinski definition) is 4. The van der Waals surface area contributed by atoms with Gasteiger partial charge < -0.3 is 30.7 Å². The van der Waals surface area contributed by atoms with Crippen LogP contribution in [0.2, 0.25) is 0 Å². The topological polar surface area (TPSA) is 220 Å². The van der Waals surface area contributed by atoms with E-state index in [9.17, 15) is 28.8 Å². The van der Waals surface area contributed by atoms with Crippen LogP contribution in [0.25, 0.3) is 0 Å². The smallest absolute Gasteiger partial charge is 0.338 e. The number of azo groups is 1. The van der Waals surface area contributed by atoms with Gasteiger partial charge in [-0.1, -0.05) is 0 Å². The number of rotatable bonds is 12. The molecule has 16 nitrogen and oxygen atoms in total. The lowest BCUT2D eigenvalue weighted by Crippen LogP contribution is -2.13. The molecule has 0 spiro atoms. The Hall–Kier alpha value is -6.84. The van der Waals surface area contributed by atoms with Crippen molar-refractivity contribution in [1.82, 2.24) is 9.97 Å². The number of carbonyl (C=O) groups is 6. The summed E-state index contributed by atoms with van der Waals surface area (Å²) in [5.41, 5.74) is 2.41. The highest BCUT2D eigenvalue weighted by Gasteiger charge is 2.13. The van der Waals surface area contributed by atoms with E-state index in [-0.39, 0.29) is 71.2 Å². The molecule has 0 radical (unpaired) electrons. The predicted molar refractivity (Wildman–Crippen MR) is 181 cm³/mol. The Kier molecular flexibility index (Phi) is 12.1. The van der Waals surface area contributed by atoms with Gasteiger partial charge in [-0.25, -0.2) is 19.6 Å². The van der Waals surface area contributed by atoms with Crippen molar-refractivity contribution in [3.05, 3.63) is 95.1 Å². The molecule has 0 bridgehead atoms. The van der Waals surface area contributed by atoms with Gasteiger partial charge in [0.25, 0.3) is 0 Å². The first-order chi connectivity index (χ1) is 23.8. The Labute approximate surface area is 285 Å². The Morgan fingerprint density at radius 2 is 0.780 bits per heavy atom. The zero-order valence-corrected chi connectivity index (χ0v) is 27.4. The van der Waals surface area contributed by atoms with Crippen LogP contribution in [0.3, 0.4) is 0 Å². The predicted octanol–water partition coefficient (Wildman–Crippen LogP) is 5.44. The Morgan fingerprint density at radius 1 is 0.500 bits per heavy atom. The fourth-order valence-electron chi connectivity index (χ4n) is 4.23. The maximum Gasteiger partial charge on any atom is 0.338 e. The molecule has 16 heteroatoms. The molecular weight excluding hydrogens is 648 g/mol. The molecule has 0 aliphatic carbocycles. The first-order valence-electron chi connectivity index (χ1n) is 14.9. The fraction of sp³-hybridized carbons (Fsp3) is 0.176. The SMILES string of the molecule is CC(=O)Nc1cc(COC(=O)c2ccc(N=Nc3ccc(C(=O)OCc4cc(NC(C)=O)nc(NC(C)=O)c4)cc3)cc2)cc(NC(C)=O)n1. The number of amides is 4. The first kappa shape index (κ1) is 36.0. The third-order valence-corrected chi connectivity index (χ3v) is 6.21. The normalized spacial score (nSPS) is 10.6. The van der Waals surface area contributed by atoms with E-state index in [1.165, 1.54) is 76.2 Å². The van der Waals surface area contributed by atoms with Gasteiger partial charge in [-0.2, -0.15) is 10.2 Å². The number of hydrogen-bond acceptors (Lipinski definition) is 12. The van der Waals surface area contributed by atoms with Crippen molar-refractivity contribution in [2.75, 3.05) is 21.3 Å². The quantitative estimate of drug-likeness (QED) is 0.110. The van der Waals surface area contributed by atoms with Crippen LogP contribution in [0.4, 0.5) is 34.6 Å². The number of esters is 2. The third kappa shape index (κ3) is 11.4. The van der Waals surface area contributed by atoms with Gasteiger partial charge in [0.15, 0.2) is 0 Å². The first-order valence-corrected chi connectivity index (χ1v) is 14.9. The lowest BCUT2D eigenvalue weighted by atomic mass is 10.2. The second-order valence-electron chi connectivity index (χ2n) is 10.7. The molecule has 0 atom stereocenters. The molecule has 50 heavy (non-hydrogen) atoms. The molecule has 4 aromatic rings. The highest BCUT2D eigenvalue weighted by atomic mass is 16.5. The number of nitrogens with zero attached hydrogens (tertiary/aromatic N) is 4. The third-order valence-electron chi connectivity index (χ3n) is 6.21. The molecule has 0 unspecified atom stereocenters. The molecule has 256 valence electrons. The van der Waals surface area contributed by atoms with Gasteiger partial charge in [-0.05, 0) is 83.9 Å². The van der Waals surface area contributed by atoms with Crippen molar-refractivity contribution in [3.8, 4) is 0 Å². The number of nitrogens with one attached hydrogen (secondary N) is 4. The molecule has 2 heterocycles. The number of ether oxygens (including phenoxy) is 2.